The summed E-state index contributed by atoms with van der Waals surface area (Å²) in [7, 11) is 1.61. The second-order valence-corrected chi connectivity index (χ2v) is 7.84. The van der Waals surface area contributed by atoms with Crippen molar-refractivity contribution in [2.75, 3.05) is 7.11 Å². The van der Waals surface area contributed by atoms with Gasteiger partial charge in [0.05, 0.1) is 17.7 Å². The fourth-order valence-corrected chi connectivity index (χ4v) is 4.35. The van der Waals surface area contributed by atoms with Crippen LogP contribution in [0, 0.1) is 0 Å². The average Bonchev–Trinajstić information content (AvgIpc) is 3.49. The molecule has 0 amide bonds. The van der Waals surface area contributed by atoms with Crippen molar-refractivity contribution in [1.29, 1.82) is 0 Å². The number of allylic oxidation sites excluding steroid dienone is 1. The van der Waals surface area contributed by atoms with Crippen molar-refractivity contribution in [3.63, 3.8) is 0 Å². The van der Waals surface area contributed by atoms with Crippen LogP contribution in [0.3, 0.4) is 0 Å². The fourth-order valence-electron chi connectivity index (χ4n) is 3.62. The Labute approximate surface area is 172 Å². The topological polar surface area (TPSA) is 44.1 Å². The SMILES string of the molecule is COc1ccc2c(c1)C(=O)/C(=C/c1cn(-c3ccccc3)nc1-c1cccs1)C2. The quantitative estimate of drug-likeness (QED) is 0.431. The summed E-state index contributed by atoms with van der Waals surface area (Å²) in [6, 6.07) is 19.8. The number of thiophene rings is 1. The van der Waals surface area contributed by atoms with Crippen LogP contribution in [0.15, 0.2) is 77.8 Å². The van der Waals surface area contributed by atoms with E-state index in [1.54, 1.807) is 18.4 Å². The van der Waals surface area contributed by atoms with Crippen LogP contribution >= 0.6 is 11.3 Å². The summed E-state index contributed by atoms with van der Waals surface area (Å²) >= 11 is 1.64. The number of ketones is 1. The third-order valence-corrected chi connectivity index (χ3v) is 5.96. The van der Waals surface area contributed by atoms with Gasteiger partial charge in [0.1, 0.15) is 11.4 Å². The molecule has 0 bridgehead atoms. The zero-order chi connectivity index (χ0) is 19.8. The van der Waals surface area contributed by atoms with Crippen LogP contribution < -0.4 is 4.74 Å². The highest BCUT2D eigenvalue weighted by atomic mass is 32.1. The Morgan fingerprint density at radius 1 is 1.10 bits per heavy atom. The average molecular weight is 398 g/mol. The number of methoxy groups -OCH3 is 1. The van der Waals surface area contributed by atoms with Crippen molar-refractivity contribution in [3.05, 3.63) is 94.5 Å². The molecule has 0 unspecified atom stereocenters. The second-order valence-electron chi connectivity index (χ2n) is 6.89. The van der Waals surface area contributed by atoms with E-state index in [9.17, 15) is 4.79 Å². The minimum Gasteiger partial charge on any atom is -0.497 e. The number of carbonyl (C=O) groups excluding carboxylic acids is 1. The lowest BCUT2D eigenvalue weighted by Crippen LogP contribution is -1.96. The van der Waals surface area contributed by atoms with Gasteiger partial charge in [-0.25, -0.2) is 4.68 Å². The Kier molecular flexibility index (Phi) is 4.37. The van der Waals surface area contributed by atoms with E-state index in [4.69, 9.17) is 9.84 Å². The summed E-state index contributed by atoms with van der Waals surface area (Å²) in [5.41, 5.74) is 5.36. The van der Waals surface area contributed by atoms with E-state index < -0.39 is 0 Å². The van der Waals surface area contributed by atoms with Crippen molar-refractivity contribution >= 4 is 23.2 Å². The van der Waals surface area contributed by atoms with E-state index in [1.165, 1.54) is 0 Å². The van der Waals surface area contributed by atoms with E-state index in [1.807, 2.05) is 76.9 Å². The normalized spacial score (nSPS) is 14.4. The first kappa shape index (κ1) is 17.6. The number of ether oxygens (including phenoxy) is 1. The van der Waals surface area contributed by atoms with E-state index in [2.05, 4.69) is 6.07 Å². The molecule has 1 aliphatic carbocycles. The smallest absolute Gasteiger partial charge is 0.189 e. The zero-order valence-electron chi connectivity index (χ0n) is 15.8. The minimum absolute atomic E-state index is 0.0588. The lowest BCUT2D eigenvalue weighted by Gasteiger charge is -2.01. The molecule has 2 aromatic carbocycles. The van der Waals surface area contributed by atoms with Gasteiger partial charge in [0.15, 0.2) is 5.78 Å². The second kappa shape index (κ2) is 7.18. The predicted octanol–water partition coefficient (Wildman–Crippen LogP) is 5.43. The van der Waals surface area contributed by atoms with E-state index in [0.717, 1.165) is 38.5 Å². The third kappa shape index (κ3) is 3.19. The number of nitrogens with zero attached hydrogens (tertiary/aromatic N) is 2. The van der Waals surface area contributed by atoms with Gasteiger partial charge in [-0.15, -0.1) is 11.3 Å². The third-order valence-electron chi connectivity index (χ3n) is 5.08. The van der Waals surface area contributed by atoms with Crippen LogP contribution in [0.4, 0.5) is 0 Å². The van der Waals surface area contributed by atoms with Gasteiger partial charge in [-0.2, -0.15) is 5.10 Å². The monoisotopic (exact) mass is 398 g/mol. The summed E-state index contributed by atoms with van der Waals surface area (Å²) in [6.07, 6.45) is 4.60. The van der Waals surface area contributed by atoms with Crippen LogP contribution in [-0.4, -0.2) is 22.7 Å². The van der Waals surface area contributed by atoms with E-state index in [0.29, 0.717) is 12.2 Å². The molecule has 2 aromatic heterocycles. The molecule has 5 rings (SSSR count). The van der Waals surface area contributed by atoms with Crippen molar-refractivity contribution in [2.45, 2.75) is 6.42 Å². The number of hydrogen-bond donors (Lipinski definition) is 0. The maximum absolute atomic E-state index is 13.0. The van der Waals surface area contributed by atoms with E-state index in [-0.39, 0.29) is 5.78 Å². The molecule has 0 saturated carbocycles. The molecule has 0 atom stereocenters. The number of Topliss-reactive ketones (excluding diaryl/α,β-unsaturated/α-hetero) is 1. The first-order valence-corrected chi connectivity index (χ1v) is 10.2. The maximum Gasteiger partial charge on any atom is 0.189 e. The standard InChI is InChI=1S/C24H18N2O2S/c1-28-20-10-9-16-12-17(24(27)21(16)14-20)13-18-15-26(19-6-3-2-4-7-19)25-23(18)22-8-5-11-29-22/h2-11,13-15H,12H2,1H3/b17-13+. The van der Waals surface area contributed by atoms with Gasteiger partial charge in [0, 0.05) is 29.3 Å². The molecule has 0 saturated heterocycles. The molecule has 2 heterocycles. The van der Waals surface area contributed by atoms with Crippen LogP contribution in [-0.2, 0) is 6.42 Å². The summed E-state index contributed by atoms with van der Waals surface area (Å²) in [5, 5.41) is 6.86. The highest BCUT2D eigenvalue weighted by molar-refractivity contribution is 7.13. The number of fused-ring (bicyclic) bond motifs is 1. The highest BCUT2D eigenvalue weighted by Gasteiger charge is 2.26. The predicted molar refractivity (Wildman–Crippen MR) is 116 cm³/mol. The largest absolute Gasteiger partial charge is 0.497 e. The molecule has 29 heavy (non-hydrogen) atoms. The summed E-state index contributed by atoms with van der Waals surface area (Å²) in [6.45, 7) is 0. The number of aromatic nitrogens is 2. The first-order chi connectivity index (χ1) is 14.2. The number of rotatable bonds is 4. The summed E-state index contributed by atoms with van der Waals surface area (Å²) in [5.74, 6) is 0.762. The number of carbonyl (C=O) groups is 1. The molecule has 0 radical (unpaired) electrons. The molecule has 1 aliphatic rings. The van der Waals surface area contributed by atoms with Crippen molar-refractivity contribution < 1.29 is 9.53 Å². The van der Waals surface area contributed by atoms with Gasteiger partial charge in [0.25, 0.3) is 0 Å². The number of hydrogen-bond acceptors (Lipinski definition) is 4. The van der Waals surface area contributed by atoms with Crippen LogP contribution in [0.1, 0.15) is 21.5 Å². The first-order valence-electron chi connectivity index (χ1n) is 9.34. The van der Waals surface area contributed by atoms with Gasteiger partial charge in [0.2, 0.25) is 0 Å². The van der Waals surface area contributed by atoms with Gasteiger partial charge < -0.3 is 4.74 Å². The zero-order valence-corrected chi connectivity index (χ0v) is 16.6. The van der Waals surface area contributed by atoms with Gasteiger partial charge in [-0.1, -0.05) is 30.3 Å². The Hall–Kier alpha value is -3.44. The number of benzene rings is 2. The Bertz CT molecular complexity index is 1220. The summed E-state index contributed by atoms with van der Waals surface area (Å²) < 4.78 is 7.15. The molecule has 4 aromatic rings. The Balaban J connectivity index is 1.59. The van der Waals surface area contributed by atoms with Crippen LogP contribution in [0.25, 0.3) is 22.3 Å². The van der Waals surface area contributed by atoms with Crippen LogP contribution in [0.5, 0.6) is 5.75 Å². The lowest BCUT2D eigenvalue weighted by atomic mass is 10.1. The number of para-hydroxylation sites is 1. The molecule has 0 aliphatic heterocycles. The van der Waals surface area contributed by atoms with Crippen molar-refractivity contribution in [1.82, 2.24) is 9.78 Å². The van der Waals surface area contributed by atoms with Crippen molar-refractivity contribution in [2.24, 2.45) is 0 Å². The molecular weight excluding hydrogens is 380 g/mol. The van der Waals surface area contributed by atoms with Gasteiger partial charge in [-0.3, -0.25) is 4.79 Å². The summed E-state index contributed by atoms with van der Waals surface area (Å²) in [4.78, 5) is 14.1. The molecule has 142 valence electrons. The Morgan fingerprint density at radius 2 is 1.97 bits per heavy atom. The molecule has 0 N–H and O–H groups in total. The lowest BCUT2D eigenvalue weighted by molar-refractivity contribution is 0.104. The molecule has 4 nitrogen and oxygen atoms in total. The highest BCUT2D eigenvalue weighted by Crippen LogP contribution is 2.34. The minimum atomic E-state index is 0.0588. The van der Waals surface area contributed by atoms with Gasteiger partial charge in [-0.05, 0) is 47.4 Å². The van der Waals surface area contributed by atoms with Gasteiger partial charge >= 0.3 is 0 Å². The molecule has 0 fully saturated rings. The van der Waals surface area contributed by atoms with E-state index >= 15 is 0 Å². The molecule has 5 heteroatoms. The fraction of sp³-hybridized carbons (Fsp3) is 0.0833. The maximum atomic E-state index is 13.0. The van der Waals surface area contributed by atoms with Crippen molar-refractivity contribution in [3.8, 4) is 22.0 Å². The Morgan fingerprint density at radius 3 is 2.72 bits per heavy atom. The van der Waals surface area contributed by atoms with Crippen LogP contribution in [0.2, 0.25) is 0 Å². The molecular formula is C24H18N2O2S. The molecule has 0 spiro atoms.